The third kappa shape index (κ3) is 3.15. The summed E-state index contributed by atoms with van der Waals surface area (Å²) in [5.41, 5.74) is 5.06. The topological polar surface area (TPSA) is 85.5 Å². The lowest BCUT2D eigenvalue weighted by Crippen LogP contribution is -2.40. The fourth-order valence-electron chi connectivity index (χ4n) is 2.60. The summed E-state index contributed by atoms with van der Waals surface area (Å²) in [5.74, 6) is 0.133. The molecule has 1 unspecified atom stereocenters. The van der Waals surface area contributed by atoms with Gasteiger partial charge in [-0.15, -0.1) is 0 Å². The lowest BCUT2D eigenvalue weighted by atomic mass is 9.82. The number of carbonyl (C=O) groups is 2. The Morgan fingerprint density at radius 2 is 2.14 bits per heavy atom. The van der Waals surface area contributed by atoms with Gasteiger partial charge in [-0.3, -0.25) is 9.69 Å². The molecular formula is C15H21N3O3. The Bertz CT molecular complexity index is 580. The maximum absolute atomic E-state index is 12.3. The normalized spacial score (nSPS) is 21.0. The fraction of sp³-hybridized carbons (Fsp3) is 0.533. The molecule has 2 amide bonds. The molecule has 0 radical (unpaired) electrons. The van der Waals surface area contributed by atoms with E-state index in [-0.39, 0.29) is 6.42 Å². The zero-order chi connectivity index (χ0) is 15.8. The van der Waals surface area contributed by atoms with Crippen LogP contribution in [0.2, 0.25) is 0 Å². The van der Waals surface area contributed by atoms with Crippen LogP contribution < -0.4 is 10.6 Å². The summed E-state index contributed by atoms with van der Waals surface area (Å²) >= 11 is 0. The number of carbonyl (C=O) groups excluding carboxylic acids is 2. The molecule has 0 aliphatic carbocycles. The average Bonchev–Trinajstić information content (AvgIpc) is 2.61. The molecule has 1 atom stereocenters. The lowest BCUT2D eigenvalue weighted by molar-refractivity contribution is -0.119. The van der Waals surface area contributed by atoms with Crippen molar-refractivity contribution in [2.75, 3.05) is 11.4 Å². The number of anilines is 1. The quantitative estimate of drug-likeness (QED) is 0.902. The highest BCUT2D eigenvalue weighted by molar-refractivity contribution is 5.91. The van der Waals surface area contributed by atoms with Gasteiger partial charge in [0.15, 0.2) is 0 Å². The van der Waals surface area contributed by atoms with Crippen molar-refractivity contribution in [3.63, 3.8) is 0 Å². The summed E-state index contributed by atoms with van der Waals surface area (Å²) in [6.07, 6.45) is 1.31. The first kappa shape index (κ1) is 15.3. The molecule has 1 aliphatic heterocycles. The molecule has 21 heavy (non-hydrogen) atoms. The zero-order valence-corrected chi connectivity index (χ0v) is 12.8. The van der Waals surface area contributed by atoms with Gasteiger partial charge in [0.1, 0.15) is 11.4 Å². The van der Waals surface area contributed by atoms with Gasteiger partial charge in [-0.25, -0.2) is 9.78 Å². The van der Waals surface area contributed by atoms with Crippen LogP contribution in [0.5, 0.6) is 0 Å². The summed E-state index contributed by atoms with van der Waals surface area (Å²) < 4.78 is 5.41. The van der Waals surface area contributed by atoms with E-state index in [1.54, 1.807) is 12.3 Å². The molecule has 0 saturated heterocycles. The number of hydrogen-bond donors (Lipinski definition) is 1. The molecule has 2 heterocycles. The van der Waals surface area contributed by atoms with Crippen LogP contribution in [0.3, 0.4) is 0 Å². The molecular weight excluding hydrogens is 270 g/mol. The Hall–Kier alpha value is -2.11. The molecule has 1 aromatic heterocycles. The van der Waals surface area contributed by atoms with Crippen molar-refractivity contribution < 1.29 is 14.3 Å². The van der Waals surface area contributed by atoms with Gasteiger partial charge in [0.25, 0.3) is 0 Å². The molecule has 1 aromatic rings. The zero-order valence-electron chi connectivity index (χ0n) is 12.8. The SMILES string of the molecule is CC(C)(C)OC(=O)N1CC(C)(CC(N)=O)c2cccnc21. The minimum absolute atomic E-state index is 0.158. The second-order valence-corrected chi connectivity index (χ2v) is 6.64. The number of amides is 2. The largest absolute Gasteiger partial charge is 0.443 e. The highest BCUT2D eigenvalue weighted by atomic mass is 16.6. The van der Waals surface area contributed by atoms with E-state index in [2.05, 4.69) is 4.98 Å². The number of primary amides is 1. The van der Waals surface area contributed by atoms with Crippen molar-refractivity contribution in [3.8, 4) is 0 Å². The second-order valence-electron chi connectivity index (χ2n) is 6.64. The van der Waals surface area contributed by atoms with Gasteiger partial charge in [0, 0.05) is 30.1 Å². The van der Waals surface area contributed by atoms with Crippen LogP contribution >= 0.6 is 0 Å². The number of nitrogens with zero attached hydrogens (tertiary/aromatic N) is 2. The van der Waals surface area contributed by atoms with Crippen LogP contribution in [0.25, 0.3) is 0 Å². The highest BCUT2D eigenvalue weighted by Crippen LogP contribution is 2.41. The number of fused-ring (bicyclic) bond motifs is 1. The maximum Gasteiger partial charge on any atom is 0.416 e. The third-order valence-electron chi connectivity index (χ3n) is 3.38. The van der Waals surface area contributed by atoms with E-state index in [9.17, 15) is 9.59 Å². The Morgan fingerprint density at radius 1 is 1.48 bits per heavy atom. The first-order valence-corrected chi connectivity index (χ1v) is 6.87. The van der Waals surface area contributed by atoms with Gasteiger partial charge in [-0.2, -0.15) is 0 Å². The number of nitrogens with two attached hydrogens (primary N) is 1. The predicted molar refractivity (Wildman–Crippen MR) is 79.0 cm³/mol. The summed E-state index contributed by atoms with van der Waals surface area (Å²) in [5, 5.41) is 0. The van der Waals surface area contributed by atoms with Crippen LogP contribution in [-0.2, 0) is 14.9 Å². The van der Waals surface area contributed by atoms with Gasteiger partial charge >= 0.3 is 6.09 Å². The summed E-state index contributed by atoms with van der Waals surface area (Å²) in [4.78, 5) is 29.4. The van der Waals surface area contributed by atoms with Crippen molar-refractivity contribution >= 4 is 17.8 Å². The van der Waals surface area contributed by atoms with E-state index in [1.807, 2.05) is 33.8 Å². The number of hydrogen-bond acceptors (Lipinski definition) is 4. The number of aromatic nitrogens is 1. The molecule has 2 N–H and O–H groups in total. The fourth-order valence-corrected chi connectivity index (χ4v) is 2.60. The van der Waals surface area contributed by atoms with Crippen molar-refractivity contribution in [3.05, 3.63) is 23.9 Å². The third-order valence-corrected chi connectivity index (χ3v) is 3.38. The predicted octanol–water partition coefficient (Wildman–Crippen LogP) is 1.97. The summed E-state index contributed by atoms with van der Waals surface area (Å²) in [6, 6.07) is 3.66. The lowest BCUT2D eigenvalue weighted by Gasteiger charge is -2.26. The molecule has 1 aliphatic rings. The van der Waals surface area contributed by atoms with E-state index >= 15 is 0 Å². The first-order chi connectivity index (χ1) is 9.62. The Morgan fingerprint density at radius 3 is 2.71 bits per heavy atom. The van der Waals surface area contributed by atoms with E-state index in [4.69, 9.17) is 10.5 Å². The van der Waals surface area contributed by atoms with Crippen molar-refractivity contribution in [1.29, 1.82) is 0 Å². The molecule has 0 bridgehead atoms. The molecule has 0 saturated carbocycles. The van der Waals surface area contributed by atoms with E-state index in [0.717, 1.165) is 5.56 Å². The van der Waals surface area contributed by atoms with Gasteiger partial charge in [-0.05, 0) is 26.8 Å². The monoisotopic (exact) mass is 291 g/mol. The standard InChI is InChI=1S/C15H21N3O3/c1-14(2,3)21-13(20)18-9-15(4,8-11(16)19)10-6-5-7-17-12(10)18/h5-7H,8-9H2,1-4H3,(H2,16,19). The van der Waals surface area contributed by atoms with Crippen LogP contribution in [0.15, 0.2) is 18.3 Å². The molecule has 6 nitrogen and oxygen atoms in total. The van der Waals surface area contributed by atoms with Crippen LogP contribution in [0.4, 0.5) is 10.6 Å². The molecule has 0 fully saturated rings. The van der Waals surface area contributed by atoms with Crippen LogP contribution in [0, 0.1) is 0 Å². The van der Waals surface area contributed by atoms with Crippen molar-refractivity contribution in [2.45, 2.75) is 45.1 Å². The minimum Gasteiger partial charge on any atom is -0.443 e. The van der Waals surface area contributed by atoms with Gasteiger partial charge in [-0.1, -0.05) is 13.0 Å². The van der Waals surface area contributed by atoms with Crippen molar-refractivity contribution in [1.82, 2.24) is 4.98 Å². The molecule has 114 valence electrons. The average molecular weight is 291 g/mol. The van der Waals surface area contributed by atoms with Gasteiger partial charge in [0.2, 0.25) is 5.91 Å². The van der Waals surface area contributed by atoms with Crippen LogP contribution in [-0.4, -0.2) is 29.1 Å². The Labute approximate surface area is 124 Å². The molecule has 2 rings (SSSR count). The maximum atomic E-state index is 12.3. The summed E-state index contributed by atoms with van der Waals surface area (Å²) in [6.45, 7) is 7.66. The molecule has 0 spiro atoms. The summed E-state index contributed by atoms with van der Waals surface area (Å²) in [7, 11) is 0. The minimum atomic E-state index is -0.589. The first-order valence-electron chi connectivity index (χ1n) is 6.87. The van der Waals surface area contributed by atoms with Crippen LogP contribution in [0.1, 0.15) is 39.7 Å². The molecule has 0 aromatic carbocycles. The van der Waals surface area contributed by atoms with E-state index in [1.165, 1.54) is 4.90 Å². The number of rotatable bonds is 2. The Kier molecular flexibility index (Phi) is 3.65. The Balaban J connectivity index is 2.35. The smallest absolute Gasteiger partial charge is 0.416 e. The molecule has 6 heteroatoms. The van der Waals surface area contributed by atoms with E-state index in [0.29, 0.717) is 12.4 Å². The van der Waals surface area contributed by atoms with E-state index < -0.39 is 23.0 Å². The number of pyridine rings is 1. The highest BCUT2D eigenvalue weighted by Gasteiger charge is 2.44. The van der Waals surface area contributed by atoms with Crippen molar-refractivity contribution in [2.24, 2.45) is 5.73 Å². The second kappa shape index (κ2) is 5.02. The number of ether oxygens (including phenoxy) is 1. The van der Waals surface area contributed by atoms with Gasteiger partial charge in [0.05, 0.1) is 0 Å². The van der Waals surface area contributed by atoms with Gasteiger partial charge < -0.3 is 10.5 Å².